The van der Waals surface area contributed by atoms with Crippen LogP contribution in [0.4, 0.5) is 5.69 Å². The number of esters is 1. The van der Waals surface area contributed by atoms with Crippen molar-refractivity contribution in [3.8, 4) is 5.75 Å². The van der Waals surface area contributed by atoms with Crippen LogP contribution in [0.2, 0.25) is 0 Å². The molecule has 1 aromatic heterocycles. The second-order valence-corrected chi connectivity index (χ2v) is 8.42. The smallest absolute Gasteiger partial charge is 0.338 e. The van der Waals surface area contributed by atoms with Gasteiger partial charge in [-0.25, -0.2) is 4.79 Å². The molecule has 1 N–H and O–H groups in total. The van der Waals surface area contributed by atoms with Crippen molar-refractivity contribution in [3.63, 3.8) is 0 Å². The van der Waals surface area contributed by atoms with Gasteiger partial charge in [-0.15, -0.1) is 10.2 Å². The Kier molecular flexibility index (Phi) is 9.09. The standard InChI is InChI=1S/C25H30N4O4S/c1-5-18-8-14-21(15-9-18)33-17(4)23-27-28-25(29(23)6-2)34-16-22(30)26-20-12-10-19(11-13-20)24(31)32-7-3/h8-15,17H,5-7,16H2,1-4H3,(H,26,30)/t17-/m0/s1. The number of nitrogens with one attached hydrogen (secondary N) is 1. The average molecular weight is 483 g/mol. The van der Waals surface area contributed by atoms with Crippen LogP contribution in [0.3, 0.4) is 0 Å². The fraction of sp³-hybridized carbons (Fsp3) is 0.360. The molecule has 9 heteroatoms. The van der Waals surface area contributed by atoms with Crippen LogP contribution in [0.1, 0.15) is 55.5 Å². The van der Waals surface area contributed by atoms with E-state index < -0.39 is 0 Å². The summed E-state index contributed by atoms with van der Waals surface area (Å²) in [4.78, 5) is 24.2. The highest BCUT2D eigenvalue weighted by Crippen LogP contribution is 2.25. The average Bonchev–Trinajstić information content (AvgIpc) is 3.27. The molecular formula is C25H30N4O4S. The highest BCUT2D eigenvalue weighted by Gasteiger charge is 2.19. The normalized spacial score (nSPS) is 11.6. The van der Waals surface area contributed by atoms with Gasteiger partial charge in [0.25, 0.3) is 0 Å². The Morgan fingerprint density at radius 1 is 1.03 bits per heavy atom. The molecule has 3 rings (SSSR count). The van der Waals surface area contributed by atoms with Gasteiger partial charge in [0.15, 0.2) is 17.1 Å². The molecule has 180 valence electrons. The molecule has 1 heterocycles. The van der Waals surface area contributed by atoms with Crippen LogP contribution in [0, 0.1) is 0 Å². The summed E-state index contributed by atoms with van der Waals surface area (Å²) in [5, 5.41) is 12.1. The van der Waals surface area contributed by atoms with E-state index in [1.54, 1.807) is 31.2 Å². The Balaban J connectivity index is 1.57. The number of hydrogen-bond acceptors (Lipinski definition) is 7. The van der Waals surface area contributed by atoms with E-state index in [2.05, 4.69) is 34.6 Å². The van der Waals surface area contributed by atoms with Gasteiger partial charge in [-0.3, -0.25) is 4.79 Å². The fourth-order valence-corrected chi connectivity index (χ4v) is 4.11. The number of rotatable bonds is 11. The first-order chi connectivity index (χ1) is 16.4. The first kappa shape index (κ1) is 25.3. The molecule has 0 aliphatic heterocycles. The maximum Gasteiger partial charge on any atom is 0.338 e. The summed E-state index contributed by atoms with van der Waals surface area (Å²) in [6.45, 7) is 8.78. The zero-order valence-corrected chi connectivity index (χ0v) is 20.7. The van der Waals surface area contributed by atoms with Crippen molar-refractivity contribution in [2.45, 2.75) is 51.9 Å². The molecule has 0 fully saturated rings. The zero-order chi connectivity index (χ0) is 24.5. The molecule has 0 saturated heterocycles. The second kappa shape index (κ2) is 12.2. The predicted octanol–water partition coefficient (Wildman–Crippen LogP) is 4.91. The van der Waals surface area contributed by atoms with Crippen LogP contribution in [-0.4, -0.2) is 39.0 Å². The van der Waals surface area contributed by atoms with E-state index in [-0.39, 0.29) is 23.7 Å². The van der Waals surface area contributed by atoms with Crippen molar-refractivity contribution in [2.24, 2.45) is 0 Å². The van der Waals surface area contributed by atoms with Gasteiger partial charge in [-0.05, 0) is 69.2 Å². The summed E-state index contributed by atoms with van der Waals surface area (Å²) in [6, 6.07) is 14.6. The van der Waals surface area contributed by atoms with Crippen LogP contribution < -0.4 is 10.1 Å². The predicted molar refractivity (Wildman–Crippen MR) is 132 cm³/mol. The Bertz CT molecular complexity index is 1100. The Morgan fingerprint density at radius 3 is 2.35 bits per heavy atom. The van der Waals surface area contributed by atoms with E-state index in [1.807, 2.05) is 30.5 Å². The number of anilines is 1. The van der Waals surface area contributed by atoms with Crippen molar-refractivity contribution in [1.82, 2.24) is 14.8 Å². The molecule has 0 spiro atoms. The topological polar surface area (TPSA) is 95.3 Å². The van der Waals surface area contributed by atoms with Crippen molar-refractivity contribution >= 4 is 29.3 Å². The third-order valence-electron chi connectivity index (χ3n) is 5.08. The molecule has 0 saturated carbocycles. The van der Waals surface area contributed by atoms with E-state index in [4.69, 9.17) is 9.47 Å². The Morgan fingerprint density at radius 2 is 1.74 bits per heavy atom. The Hall–Kier alpha value is -3.33. The van der Waals surface area contributed by atoms with Gasteiger partial charge in [0.2, 0.25) is 5.91 Å². The van der Waals surface area contributed by atoms with Crippen LogP contribution in [0.5, 0.6) is 5.75 Å². The second-order valence-electron chi connectivity index (χ2n) is 7.48. The minimum absolute atomic E-state index is 0.172. The number of amides is 1. The number of hydrogen-bond donors (Lipinski definition) is 1. The number of aromatic nitrogens is 3. The van der Waals surface area contributed by atoms with E-state index in [0.717, 1.165) is 12.2 Å². The molecule has 0 bridgehead atoms. The molecule has 0 aliphatic carbocycles. The monoisotopic (exact) mass is 482 g/mol. The molecule has 34 heavy (non-hydrogen) atoms. The lowest BCUT2D eigenvalue weighted by molar-refractivity contribution is -0.113. The van der Waals surface area contributed by atoms with Crippen LogP contribution in [-0.2, 0) is 22.5 Å². The zero-order valence-electron chi connectivity index (χ0n) is 19.9. The lowest BCUT2D eigenvalue weighted by Gasteiger charge is -2.16. The van der Waals surface area contributed by atoms with E-state index >= 15 is 0 Å². The van der Waals surface area contributed by atoms with Gasteiger partial charge in [-0.1, -0.05) is 30.8 Å². The van der Waals surface area contributed by atoms with Gasteiger partial charge >= 0.3 is 5.97 Å². The highest BCUT2D eigenvalue weighted by atomic mass is 32.2. The summed E-state index contributed by atoms with van der Waals surface area (Å²) in [5.74, 6) is 1.09. The number of thioether (sulfide) groups is 1. The molecule has 8 nitrogen and oxygen atoms in total. The van der Waals surface area contributed by atoms with Gasteiger partial charge in [0, 0.05) is 12.2 Å². The largest absolute Gasteiger partial charge is 0.483 e. The van der Waals surface area contributed by atoms with Crippen LogP contribution >= 0.6 is 11.8 Å². The lowest BCUT2D eigenvalue weighted by Crippen LogP contribution is -2.15. The lowest BCUT2D eigenvalue weighted by atomic mass is 10.2. The maximum atomic E-state index is 12.4. The van der Waals surface area contributed by atoms with Gasteiger partial charge in [0.1, 0.15) is 5.75 Å². The third kappa shape index (κ3) is 6.60. The number of aryl methyl sites for hydroxylation is 1. The molecule has 0 aliphatic rings. The van der Waals surface area contributed by atoms with Crippen molar-refractivity contribution in [1.29, 1.82) is 0 Å². The number of ether oxygens (including phenoxy) is 2. The number of nitrogens with zero attached hydrogens (tertiary/aromatic N) is 3. The first-order valence-corrected chi connectivity index (χ1v) is 12.3. The molecule has 0 radical (unpaired) electrons. The number of carbonyl (C=O) groups excluding carboxylic acids is 2. The summed E-state index contributed by atoms with van der Waals surface area (Å²) >= 11 is 1.31. The van der Waals surface area contributed by atoms with E-state index in [1.165, 1.54) is 17.3 Å². The summed E-state index contributed by atoms with van der Waals surface area (Å²) < 4.78 is 13.0. The molecule has 1 atom stereocenters. The SMILES string of the molecule is CCOC(=O)c1ccc(NC(=O)CSc2nnc([C@H](C)Oc3ccc(CC)cc3)n2CC)cc1. The molecule has 0 unspecified atom stereocenters. The minimum Gasteiger partial charge on any atom is -0.483 e. The quantitative estimate of drug-likeness (QED) is 0.306. The summed E-state index contributed by atoms with van der Waals surface area (Å²) in [7, 11) is 0. The summed E-state index contributed by atoms with van der Waals surface area (Å²) in [6.07, 6.45) is 0.688. The molecule has 2 aromatic carbocycles. The van der Waals surface area contributed by atoms with Gasteiger partial charge in [0.05, 0.1) is 17.9 Å². The molecule has 3 aromatic rings. The van der Waals surface area contributed by atoms with Crippen LogP contribution in [0.25, 0.3) is 0 Å². The van der Waals surface area contributed by atoms with E-state index in [0.29, 0.717) is 35.4 Å². The maximum absolute atomic E-state index is 12.4. The minimum atomic E-state index is -0.387. The number of benzene rings is 2. The highest BCUT2D eigenvalue weighted by molar-refractivity contribution is 7.99. The van der Waals surface area contributed by atoms with Crippen molar-refractivity contribution in [2.75, 3.05) is 17.7 Å². The third-order valence-corrected chi connectivity index (χ3v) is 6.05. The van der Waals surface area contributed by atoms with Crippen LogP contribution in [0.15, 0.2) is 53.7 Å². The van der Waals surface area contributed by atoms with E-state index in [9.17, 15) is 9.59 Å². The van der Waals surface area contributed by atoms with Gasteiger partial charge < -0.3 is 19.4 Å². The molecular weight excluding hydrogens is 452 g/mol. The van der Waals surface area contributed by atoms with Gasteiger partial charge in [-0.2, -0.15) is 0 Å². The number of carbonyl (C=O) groups is 2. The summed E-state index contributed by atoms with van der Waals surface area (Å²) in [5.41, 5.74) is 2.30. The molecule has 1 amide bonds. The Labute approximate surface area is 204 Å². The fourth-order valence-electron chi connectivity index (χ4n) is 3.30. The van der Waals surface area contributed by atoms with Crippen molar-refractivity contribution in [3.05, 3.63) is 65.5 Å². The first-order valence-electron chi connectivity index (χ1n) is 11.3. The van der Waals surface area contributed by atoms with Crippen molar-refractivity contribution < 1.29 is 19.1 Å².